The third-order valence-corrected chi connectivity index (χ3v) is 3.84. The molecule has 0 bridgehead atoms. The molecule has 1 heterocycles. The molecule has 0 spiro atoms. The van der Waals surface area contributed by atoms with Gasteiger partial charge in [0.05, 0.1) is 17.3 Å². The molecule has 4 heteroatoms. The molecule has 0 saturated carbocycles. The van der Waals surface area contributed by atoms with Gasteiger partial charge in [-0.25, -0.2) is 4.98 Å². The molecule has 0 aliphatic rings. The first-order valence-electron chi connectivity index (χ1n) is 5.83. The minimum absolute atomic E-state index is 0.0215. The summed E-state index contributed by atoms with van der Waals surface area (Å²) in [6, 6.07) is 0. The van der Waals surface area contributed by atoms with Gasteiger partial charge in [0.2, 0.25) is 0 Å². The van der Waals surface area contributed by atoms with Gasteiger partial charge in [0.15, 0.2) is 0 Å². The topological polar surface area (TPSA) is 39.2 Å². The Bertz CT molecular complexity index is 402. The van der Waals surface area contributed by atoms with Crippen molar-refractivity contribution >= 4 is 17.3 Å². The minimum atomic E-state index is -0.671. The van der Waals surface area contributed by atoms with E-state index in [1.807, 2.05) is 26.2 Å². The van der Waals surface area contributed by atoms with E-state index in [4.69, 9.17) is 4.74 Å². The van der Waals surface area contributed by atoms with E-state index in [0.717, 1.165) is 10.7 Å². The second-order valence-corrected chi connectivity index (χ2v) is 6.49. The van der Waals surface area contributed by atoms with Crippen LogP contribution in [0.5, 0.6) is 0 Å². The fourth-order valence-electron chi connectivity index (χ4n) is 1.32. The van der Waals surface area contributed by atoms with Crippen molar-refractivity contribution in [3.63, 3.8) is 0 Å². The first kappa shape index (κ1) is 14.2. The van der Waals surface area contributed by atoms with Gasteiger partial charge in [0.1, 0.15) is 5.41 Å². The normalized spacial score (nSPS) is 12.6. The van der Waals surface area contributed by atoms with Gasteiger partial charge in [-0.2, -0.15) is 0 Å². The van der Waals surface area contributed by atoms with Gasteiger partial charge in [0.25, 0.3) is 0 Å². The Balaban J connectivity index is 3.00. The smallest absolute Gasteiger partial charge is 0.317 e. The standard InChI is InChI=1S/C13H21NO2S/c1-7-16-11(15)13(5,6)9-8-17-10(14-9)12(2,3)4/h8H,7H2,1-6H3. The van der Waals surface area contributed by atoms with Crippen LogP contribution in [0.15, 0.2) is 5.38 Å². The van der Waals surface area contributed by atoms with Crippen LogP contribution in [-0.2, 0) is 20.4 Å². The highest BCUT2D eigenvalue weighted by Crippen LogP contribution is 2.31. The van der Waals surface area contributed by atoms with Crippen molar-refractivity contribution < 1.29 is 9.53 Å². The third-order valence-electron chi connectivity index (χ3n) is 2.57. The molecule has 0 aliphatic carbocycles. The predicted octanol–water partition coefficient (Wildman–Crippen LogP) is 3.28. The van der Waals surface area contributed by atoms with Crippen molar-refractivity contribution in [2.75, 3.05) is 6.61 Å². The monoisotopic (exact) mass is 255 g/mol. The number of hydrogen-bond acceptors (Lipinski definition) is 4. The number of hydrogen-bond donors (Lipinski definition) is 0. The highest BCUT2D eigenvalue weighted by atomic mass is 32.1. The molecule has 0 radical (unpaired) electrons. The van der Waals surface area contributed by atoms with Crippen LogP contribution in [0.4, 0.5) is 0 Å². The summed E-state index contributed by atoms with van der Waals surface area (Å²) in [7, 11) is 0. The molecule has 1 aromatic rings. The zero-order chi connectivity index (χ0) is 13.3. The predicted molar refractivity (Wildman–Crippen MR) is 70.5 cm³/mol. The van der Waals surface area contributed by atoms with E-state index in [9.17, 15) is 4.79 Å². The Labute approximate surface area is 107 Å². The summed E-state index contributed by atoms with van der Waals surface area (Å²) >= 11 is 1.60. The maximum Gasteiger partial charge on any atom is 0.317 e. The SMILES string of the molecule is CCOC(=O)C(C)(C)c1csc(C(C)(C)C)n1. The largest absolute Gasteiger partial charge is 0.465 e. The van der Waals surface area contributed by atoms with E-state index in [0.29, 0.717) is 6.61 Å². The molecule has 0 atom stereocenters. The zero-order valence-electron chi connectivity index (χ0n) is 11.5. The molecule has 0 aliphatic heterocycles. The zero-order valence-corrected chi connectivity index (χ0v) is 12.3. The average molecular weight is 255 g/mol. The summed E-state index contributed by atoms with van der Waals surface area (Å²) < 4.78 is 5.08. The van der Waals surface area contributed by atoms with Crippen molar-refractivity contribution in [3.05, 3.63) is 16.1 Å². The van der Waals surface area contributed by atoms with Crippen molar-refractivity contribution in [2.24, 2.45) is 0 Å². The van der Waals surface area contributed by atoms with Crippen molar-refractivity contribution in [2.45, 2.75) is 52.4 Å². The molecule has 0 fully saturated rings. The van der Waals surface area contributed by atoms with Crippen molar-refractivity contribution in [1.82, 2.24) is 4.98 Å². The van der Waals surface area contributed by atoms with Crippen LogP contribution in [0.25, 0.3) is 0 Å². The first-order chi connectivity index (χ1) is 7.69. The van der Waals surface area contributed by atoms with Crippen LogP contribution < -0.4 is 0 Å². The highest BCUT2D eigenvalue weighted by molar-refractivity contribution is 7.09. The lowest BCUT2D eigenvalue weighted by Crippen LogP contribution is -2.31. The Kier molecular flexibility index (Phi) is 3.97. The lowest BCUT2D eigenvalue weighted by molar-refractivity contribution is -0.148. The number of rotatable bonds is 3. The third kappa shape index (κ3) is 3.06. The van der Waals surface area contributed by atoms with E-state index in [-0.39, 0.29) is 11.4 Å². The molecule has 17 heavy (non-hydrogen) atoms. The number of nitrogens with zero attached hydrogens (tertiary/aromatic N) is 1. The lowest BCUT2D eigenvalue weighted by atomic mass is 9.90. The van der Waals surface area contributed by atoms with Gasteiger partial charge in [-0.15, -0.1) is 11.3 Å². The maximum absolute atomic E-state index is 11.9. The lowest BCUT2D eigenvalue weighted by Gasteiger charge is -2.20. The van der Waals surface area contributed by atoms with E-state index >= 15 is 0 Å². The molecule has 96 valence electrons. The summed E-state index contributed by atoms with van der Waals surface area (Å²) in [6.07, 6.45) is 0. The Morgan fingerprint density at radius 2 is 1.94 bits per heavy atom. The van der Waals surface area contributed by atoms with Gasteiger partial charge in [-0.3, -0.25) is 4.79 Å². The van der Waals surface area contributed by atoms with Gasteiger partial charge in [-0.1, -0.05) is 20.8 Å². The van der Waals surface area contributed by atoms with Crippen molar-refractivity contribution in [1.29, 1.82) is 0 Å². The number of esters is 1. The second-order valence-electron chi connectivity index (χ2n) is 5.63. The molecule has 3 nitrogen and oxygen atoms in total. The van der Waals surface area contributed by atoms with Crippen LogP contribution in [-0.4, -0.2) is 17.6 Å². The molecule has 0 amide bonds. The van der Waals surface area contributed by atoms with Crippen LogP contribution in [0, 0.1) is 0 Å². The van der Waals surface area contributed by atoms with Gasteiger partial charge in [-0.05, 0) is 20.8 Å². The minimum Gasteiger partial charge on any atom is -0.465 e. The summed E-state index contributed by atoms with van der Waals surface area (Å²) in [5.41, 5.74) is 0.148. The molecular formula is C13H21NO2S. The molecule has 0 unspecified atom stereocenters. The molecule has 1 aromatic heterocycles. The Hall–Kier alpha value is -0.900. The number of carbonyl (C=O) groups excluding carboxylic acids is 1. The summed E-state index contributed by atoms with van der Waals surface area (Å²) in [5.74, 6) is -0.217. The Morgan fingerprint density at radius 1 is 1.35 bits per heavy atom. The van der Waals surface area contributed by atoms with E-state index in [1.165, 1.54) is 0 Å². The van der Waals surface area contributed by atoms with Crippen molar-refractivity contribution in [3.8, 4) is 0 Å². The summed E-state index contributed by atoms with van der Waals surface area (Å²) in [6.45, 7) is 12.3. The van der Waals surface area contributed by atoms with Gasteiger partial charge >= 0.3 is 5.97 Å². The van der Waals surface area contributed by atoms with E-state index in [1.54, 1.807) is 11.3 Å². The van der Waals surface area contributed by atoms with E-state index < -0.39 is 5.41 Å². The molecular weight excluding hydrogens is 234 g/mol. The highest BCUT2D eigenvalue weighted by Gasteiger charge is 2.34. The number of aromatic nitrogens is 1. The second kappa shape index (κ2) is 4.77. The molecule has 0 aromatic carbocycles. The fourth-order valence-corrected chi connectivity index (χ4v) is 2.40. The number of ether oxygens (including phenoxy) is 1. The average Bonchev–Trinajstić information content (AvgIpc) is 2.66. The van der Waals surface area contributed by atoms with E-state index in [2.05, 4.69) is 25.8 Å². The molecule has 0 N–H and O–H groups in total. The number of thiazole rings is 1. The molecule has 1 rings (SSSR count). The van der Waals surface area contributed by atoms with Gasteiger partial charge in [0, 0.05) is 10.8 Å². The quantitative estimate of drug-likeness (QED) is 0.778. The number of carbonyl (C=O) groups is 1. The summed E-state index contributed by atoms with van der Waals surface area (Å²) in [4.78, 5) is 16.4. The first-order valence-corrected chi connectivity index (χ1v) is 6.71. The summed E-state index contributed by atoms with van der Waals surface area (Å²) in [5, 5.41) is 3.00. The van der Waals surface area contributed by atoms with Gasteiger partial charge < -0.3 is 4.74 Å². The van der Waals surface area contributed by atoms with Crippen LogP contribution in [0.2, 0.25) is 0 Å². The van der Waals surface area contributed by atoms with Crippen LogP contribution >= 0.6 is 11.3 Å². The molecule has 0 saturated heterocycles. The van der Waals surface area contributed by atoms with Crippen LogP contribution in [0.3, 0.4) is 0 Å². The van der Waals surface area contributed by atoms with Crippen LogP contribution in [0.1, 0.15) is 52.2 Å². The fraction of sp³-hybridized carbons (Fsp3) is 0.692. The maximum atomic E-state index is 11.9. The Morgan fingerprint density at radius 3 is 2.35 bits per heavy atom.